The maximum Gasteiger partial charge on any atom is 0.277 e. The number of aromatic nitrogens is 1. The third-order valence-electron chi connectivity index (χ3n) is 2.07. The van der Waals surface area contributed by atoms with Gasteiger partial charge in [0.1, 0.15) is 10.9 Å². The zero-order valence-corrected chi connectivity index (χ0v) is 13.1. The van der Waals surface area contributed by atoms with Crippen molar-refractivity contribution in [2.75, 3.05) is 0 Å². The fourth-order valence-electron chi connectivity index (χ4n) is 1.29. The summed E-state index contributed by atoms with van der Waals surface area (Å²) in [4.78, 5) is 14.0. The molecule has 0 N–H and O–H groups in total. The van der Waals surface area contributed by atoms with E-state index in [1.165, 1.54) is 6.07 Å². The maximum atomic E-state index is 10.7. The first kappa shape index (κ1) is 14.2. The van der Waals surface area contributed by atoms with Gasteiger partial charge >= 0.3 is 0 Å². The molecule has 5 nitrogen and oxygen atoms in total. The molecule has 0 unspecified atom stereocenters. The minimum absolute atomic E-state index is 0.00238. The van der Waals surface area contributed by atoms with Crippen LogP contribution in [0.5, 0.6) is 11.6 Å². The number of hydrogen-bond acceptors (Lipinski definition) is 4. The second-order valence-electron chi connectivity index (χ2n) is 3.42. The maximum absolute atomic E-state index is 10.7. The van der Waals surface area contributed by atoms with Gasteiger partial charge in [0.2, 0.25) is 5.88 Å². The van der Waals surface area contributed by atoms with E-state index >= 15 is 0 Å². The Labute approximate surface area is 130 Å². The molecule has 2 aromatic rings. The van der Waals surface area contributed by atoms with E-state index in [0.29, 0.717) is 10.2 Å². The van der Waals surface area contributed by atoms with Gasteiger partial charge in [0.25, 0.3) is 5.69 Å². The molecular formula is C11H5Br2ClN2O3. The molecule has 1 aromatic carbocycles. The molecule has 19 heavy (non-hydrogen) atoms. The van der Waals surface area contributed by atoms with Gasteiger partial charge in [-0.1, -0.05) is 27.5 Å². The van der Waals surface area contributed by atoms with Crippen molar-refractivity contribution in [2.45, 2.75) is 0 Å². The molecule has 0 spiro atoms. The number of nitro groups is 1. The fourth-order valence-corrected chi connectivity index (χ4v) is 2.61. The molecule has 0 radical (unpaired) electrons. The predicted octanol–water partition coefficient (Wildman–Crippen LogP) is 4.96. The first-order chi connectivity index (χ1) is 8.95. The summed E-state index contributed by atoms with van der Waals surface area (Å²) in [6.45, 7) is 0. The number of pyridine rings is 1. The van der Waals surface area contributed by atoms with Crippen molar-refractivity contribution in [3.63, 3.8) is 0 Å². The fraction of sp³-hybridized carbons (Fsp3) is 0. The number of nitrogens with zero attached hydrogens (tertiary/aromatic N) is 2. The highest BCUT2D eigenvalue weighted by atomic mass is 79.9. The lowest BCUT2D eigenvalue weighted by atomic mass is 10.3. The van der Waals surface area contributed by atoms with Gasteiger partial charge in [-0.3, -0.25) is 10.1 Å². The first-order valence-corrected chi connectivity index (χ1v) is 6.87. The van der Waals surface area contributed by atoms with Crippen LogP contribution in [0.15, 0.2) is 39.3 Å². The molecule has 0 saturated carbocycles. The summed E-state index contributed by atoms with van der Waals surface area (Å²) < 4.78 is 7.03. The molecule has 0 aliphatic heterocycles. The zero-order valence-electron chi connectivity index (χ0n) is 9.14. The van der Waals surface area contributed by atoms with E-state index in [0.717, 1.165) is 10.5 Å². The van der Waals surface area contributed by atoms with Crippen molar-refractivity contribution in [1.29, 1.82) is 0 Å². The van der Waals surface area contributed by atoms with Gasteiger partial charge in [-0.15, -0.1) is 0 Å². The van der Waals surface area contributed by atoms with Crippen LogP contribution in [0.2, 0.25) is 5.15 Å². The van der Waals surface area contributed by atoms with Crippen LogP contribution in [0.1, 0.15) is 0 Å². The van der Waals surface area contributed by atoms with Crippen LogP contribution in [-0.4, -0.2) is 9.91 Å². The summed E-state index contributed by atoms with van der Waals surface area (Å²) in [5.41, 5.74) is -0.178. The second-order valence-corrected chi connectivity index (χ2v) is 5.58. The van der Waals surface area contributed by atoms with Crippen LogP contribution in [-0.2, 0) is 0 Å². The molecule has 0 amide bonds. The van der Waals surface area contributed by atoms with Crippen LogP contribution < -0.4 is 4.74 Å². The van der Waals surface area contributed by atoms with Crippen molar-refractivity contribution < 1.29 is 9.66 Å². The second kappa shape index (κ2) is 5.85. The summed E-state index contributed by atoms with van der Waals surface area (Å²) in [6.07, 6.45) is 0. The number of hydrogen-bond donors (Lipinski definition) is 0. The summed E-state index contributed by atoms with van der Waals surface area (Å²) in [6, 6.07) is 7.63. The third-order valence-corrected chi connectivity index (χ3v) is 3.38. The lowest BCUT2D eigenvalue weighted by Gasteiger charge is -2.07. The number of halogens is 3. The van der Waals surface area contributed by atoms with Crippen LogP contribution in [0.3, 0.4) is 0 Å². The van der Waals surface area contributed by atoms with E-state index < -0.39 is 4.92 Å². The minimum atomic E-state index is -0.558. The molecule has 1 heterocycles. The van der Waals surface area contributed by atoms with Gasteiger partial charge in [-0.2, -0.15) is 0 Å². The molecular weight excluding hydrogens is 403 g/mol. The lowest BCUT2D eigenvalue weighted by Crippen LogP contribution is -1.93. The Kier molecular flexibility index (Phi) is 4.38. The highest BCUT2D eigenvalue weighted by Gasteiger charge is 2.12. The van der Waals surface area contributed by atoms with Crippen LogP contribution in [0.4, 0.5) is 5.69 Å². The molecule has 0 atom stereocenters. The van der Waals surface area contributed by atoms with E-state index in [-0.39, 0.29) is 16.7 Å². The minimum Gasteiger partial charge on any atom is -0.438 e. The standard InChI is InChI=1S/C11H5Br2ClN2O3/c12-6-1-2-9(8(13)3-6)19-11-5-7(16(17)18)4-10(14)15-11/h1-5H. The van der Waals surface area contributed by atoms with E-state index in [1.54, 1.807) is 18.2 Å². The normalized spacial score (nSPS) is 10.3. The smallest absolute Gasteiger partial charge is 0.277 e. The largest absolute Gasteiger partial charge is 0.438 e. The van der Waals surface area contributed by atoms with E-state index in [1.807, 2.05) is 0 Å². The Bertz CT molecular complexity index is 652. The Balaban J connectivity index is 2.35. The van der Waals surface area contributed by atoms with Crippen LogP contribution >= 0.6 is 43.5 Å². The first-order valence-electron chi connectivity index (χ1n) is 4.90. The van der Waals surface area contributed by atoms with Crippen LogP contribution in [0, 0.1) is 10.1 Å². The molecule has 1 aromatic heterocycles. The monoisotopic (exact) mass is 406 g/mol. The summed E-state index contributed by atoms with van der Waals surface area (Å²) in [5.74, 6) is 0.537. The Morgan fingerprint density at radius 3 is 2.63 bits per heavy atom. The van der Waals surface area contributed by atoms with Crippen molar-refractivity contribution >= 4 is 49.1 Å². The average Bonchev–Trinajstić information content (AvgIpc) is 2.32. The molecule has 0 bridgehead atoms. The molecule has 0 fully saturated rings. The number of rotatable bonds is 3. The third kappa shape index (κ3) is 3.65. The number of ether oxygens (including phenoxy) is 1. The van der Waals surface area contributed by atoms with Gasteiger partial charge in [-0.25, -0.2) is 4.98 Å². The van der Waals surface area contributed by atoms with Gasteiger partial charge < -0.3 is 4.74 Å². The zero-order chi connectivity index (χ0) is 14.0. The Morgan fingerprint density at radius 2 is 2.00 bits per heavy atom. The van der Waals surface area contributed by atoms with Gasteiger partial charge in [-0.05, 0) is 34.1 Å². The van der Waals surface area contributed by atoms with Crippen molar-refractivity contribution in [3.8, 4) is 11.6 Å². The summed E-state index contributed by atoms with van der Waals surface area (Å²) in [5, 5.41) is 10.7. The highest BCUT2D eigenvalue weighted by molar-refractivity contribution is 9.11. The lowest BCUT2D eigenvalue weighted by molar-refractivity contribution is -0.385. The quantitative estimate of drug-likeness (QED) is 0.409. The van der Waals surface area contributed by atoms with E-state index in [9.17, 15) is 10.1 Å². The molecule has 0 saturated heterocycles. The summed E-state index contributed by atoms with van der Waals surface area (Å²) >= 11 is 12.3. The van der Waals surface area contributed by atoms with E-state index in [4.69, 9.17) is 16.3 Å². The highest BCUT2D eigenvalue weighted by Crippen LogP contribution is 2.33. The SMILES string of the molecule is O=[N+]([O-])c1cc(Cl)nc(Oc2ccc(Br)cc2Br)c1. The molecule has 0 aliphatic rings. The van der Waals surface area contributed by atoms with Gasteiger partial charge in [0.05, 0.1) is 21.5 Å². The van der Waals surface area contributed by atoms with Crippen molar-refractivity contribution in [3.05, 3.63) is 54.5 Å². The molecule has 0 aliphatic carbocycles. The van der Waals surface area contributed by atoms with Gasteiger partial charge in [0.15, 0.2) is 0 Å². The van der Waals surface area contributed by atoms with Gasteiger partial charge in [0, 0.05) is 4.47 Å². The van der Waals surface area contributed by atoms with Crippen molar-refractivity contribution in [1.82, 2.24) is 4.98 Å². The van der Waals surface area contributed by atoms with E-state index in [2.05, 4.69) is 36.8 Å². The Hall–Kier alpha value is -1.18. The molecule has 2 rings (SSSR count). The molecule has 8 heteroatoms. The molecule has 98 valence electrons. The van der Waals surface area contributed by atoms with Crippen molar-refractivity contribution in [2.24, 2.45) is 0 Å². The average molecular weight is 408 g/mol. The topological polar surface area (TPSA) is 65.3 Å². The Morgan fingerprint density at radius 1 is 1.26 bits per heavy atom. The summed E-state index contributed by atoms with van der Waals surface area (Å²) in [7, 11) is 0. The predicted molar refractivity (Wildman–Crippen MR) is 77.8 cm³/mol. The van der Waals surface area contributed by atoms with Crippen LogP contribution in [0.25, 0.3) is 0 Å². The number of benzene rings is 1.